The van der Waals surface area contributed by atoms with E-state index in [0.717, 1.165) is 10.2 Å². The van der Waals surface area contributed by atoms with Crippen molar-refractivity contribution in [2.45, 2.75) is 13.5 Å². The van der Waals surface area contributed by atoms with Gasteiger partial charge in [0.25, 0.3) is 5.56 Å². The van der Waals surface area contributed by atoms with Crippen molar-refractivity contribution in [3.05, 3.63) is 110 Å². The van der Waals surface area contributed by atoms with E-state index < -0.39 is 11.2 Å². The number of rotatable bonds is 5. The fraction of sp³-hybridized carbons (Fsp3) is 0.0870. The maximum atomic E-state index is 12.5. The van der Waals surface area contributed by atoms with Crippen molar-refractivity contribution in [2.24, 2.45) is 5.10 Å². The van der Waals surface area contributed by atoms with Gasteiger partial charge in [-0.05, 0) is 42.3 Å². The van der Waals surface area contributed by atoms with Crippen LogP contribution < -0.4 is 16.0 Å². The Morgan fingerprint density at radius 1 is 1.00 bits per heavy atom. The van der Waals surface area contributed by atoms with E-state index in [0.29, 0.717) is 28.8 Å². The first-order chi connectivity index (χ1) is 14.1. The molecule has 0 atom stereocenters. The summed E-state index contributed by atoms with van der Waals surface area (Å²) in [4.78, 5) is 27.4. The zero-order valence-electron chi connectivity index (χ0n) is 15.8. The summed E-state index contributed by atoms with van der Waals surface area (Å²) in [5.41, 5.74) is 2.42. The molecule has 4 rings (SSSR count). The van der Waals surface area contributed by atoms with Crippen LogP contribution in [0.3, 0.4) is 0 Å². The summed E-state index contributed by atoms with van der Waals surface area (Å²) in [7, 11) is 0. The van der Waals surface area contributed by atoms with E-state index in [1.54, 1.807) is 30.3 Å². The van der Waals surface area contributed by atoms with Crippen LogP contribution in [0.5, 0.6) is 5.75 Å². The predicted molar refractivity (Wildman–Crippen MR) is 114 cm³/mol. The largest absolute Gasteiger partial charge is 0.489 e. The number of fused-ring (bicyclic) bond motifs is 1. The van der Waals surface area contributed by atoms with Crippen LogP contribution in [0.4, 0.5) is 0 Å². The average molecular weight is 385 g/mol. The van der Waals surface area contributed by atoms with Crippen molar-refractivity contribution in [3.8, 4) is 5.75 Å². The number of aromatic nitrogens is 2. The van der Waals surface area contributed by atoms with Gasteiger partial charge in [0.05, 0.1) is 17.1 Å². The highest BCUT2D eigenvalue weighted by molar-refractivity contribution is 5.80. The molecule has 0 aliphatic rings. The number of benzene rings is 3. The van der Waals surface area contributed by atoms with E-state index in [4.69, 9.17) is 4.74 Å². The zero-order valence-corrected chi connectivity index (χ0v) is 15.8. The molecule has 0 saturated heterocycles. The topological polar surface area (TPSA) is 76.5 Å². The fourth-order valence-corrected chi connectivity index (χ4v) is 2.92. The van der Waals surface area contributed by atoms with E-state index in [1.807, 2.05) is 49.4 Å². The average Bonchev–Trinajstić information content (AvgIpc) is 2.73. The molecule has 1 heterocycles. The normalized spacial score (nSPS) is 11.2. The number of para-hydroxylation sites is 1. The molecule has 0 bridgehead atoms. The van der Waals surface area contributed by atoms with Gasteiger partial charge in [0.1, 0.15) is 12.4 Å². The molecule has 144 valence electrons. The minimum atomic E-state index is -0.586. The number of hydrogen-bond acceptors (Lipinski definition) is 4. The van der Waals surface area contributed by atoms with E-state index in [1.165, 1.54) is 11.8 Å². The Morgan fingerprint density at radius 3 is 2.62 bits per heavy atom. The Kier molecular flexibility index (Phi) is 5.07. The standard InChI is InChI=1S/C23H19N3O3/c1-16-9-11-17(12-10-16)15-29-19-6-4-5-18(13-19)14-24-26-22(27)20-7-2-3-8-21(20)25-23(26)28/h2-14H,15H2,1H3,(H,25,28). The highest BCUT2D eigenvalue weighted by Crippen LogP contribution is 2.14. The third kappa shape index (κ3) is 4.16. The molecule has 4 aromatic rings. The third-order valence-corrected chi connectivity index (χ3v) is 4.49. The highest BCUT2D eigenvalue weighted by atomic mass is 16.5. The number of nitrogens with one attached hydrogen (secondary N) is 1. The highest BCUT2D eigenvalue weighted by Gasteiger charge is 2.05. The van der Waals surface area contributed by atoms with Gasteiger partial charge in [0.2, 0.25) is 0 Å². The van der Waals surface area contributed by atoms with Crippen molar-refractivity contribution in [1.29, 1.82) is 0 Å². The second-order valence-electron chi connectivity index (χ2n) is 6.68. The number of nitrogens with zero attached hydrogens (tertiary/aromatic N) is 2. The van der Waals surface area contributed by atoms with Crippen molar-refractivity contribution in [1.82, 2.24) is 9.66 Å². The maximum Gasteiger partial charge on any atom is 0.349 e. The second kappa shape index (κ2) is 7.98. The molecule has 1 N–H and O–H groups in total. The summed E-state index contributed by atoms with van der Waals surface area (Å²) in [6.45, 7) is 2.49. The number of hydrogen-bond donors (Lipinski definition) is 1. The summed E-state index contributed by atoms with van der Waals surface area (Å²) in [5, 5.41) is 4.48. The fourth-order valence-electron chi connectivity index (χ4n) is 2.92. The molecule has 29 heavy (non-hydrogen) atoms. The van der Waals surface area contributed by atoms with Gasteiger partial charge >= 0.3 is 5.69 Å². The summed E-state index contributed by atoms with van der Waals surface area (Å²) < 4.78 is 6.65. The Bertz CT molecular complexity index is 1300. The van der Waals surface area contributed by atoms with Gasteiger partial charge in [-0.1, -0.05) is 54.1 Å². The van der Waals surface area contributed by atoms with Crippen LogP contribution in [-0.4, -0.2) is 15.9 Å². The molecule has 0 fully saturated rings. The molecular weight excluding hydrogens is 366 g/mol. The smallest absolute Gasteiger partial charge is 0.349 e. The van der Waals surface area contributed by atoms with Gasteiger partial charge in [-0.2, -0.15) is 5.10 Å². The lowest BCUT2D eigenvalue weighted by molar-refractivity contribution is 0.306. The molecular formula is C23H19N3O3. The second-order valence-corrected chi connectivity index (χ2v) is 6.68. The molecule has 6 heteroatoms. The molecule has 0 radical (unpaired) electrons. The molecule has 0 amide bonds. The molecule has 6 nitrogen and oxygen atoms in total. The Balaban J connectivity index is 1.56. The van der Waals surface area contributed by atoms with Crippen LogP contribution in [0.1, 0.15) is 16.7 Å². The summed E-state index contributed by atoms with van der Waals surface area (Å²) in [6, 6.07) is 22.3. The minimum Gasteiger partial charge on any atom is -0.489 e. The number of ether oxygens (including phenoxy) is 1. The van der Waals surface area contributed by atoms with Crippen molar-refractivity contribution < 1.29 is 4.74 Å². The number of aryl methyl sites for hydroxylation is 1. The van der Waals surface area contributed by atoms with Crippen molar-refractivity contribution >= 4 is 17.1 Å². The van der Waals surface area contributed by atoms with Gasteiger partial charge in [-0.15, -0.1) is 4.68 Å². The first-order valence-electron chi connectivity index (χ1n) is 9.17. The Hall–Kier alpha value is -3.93. The summed E-state index contributed by atoms with van der Waals surface area (Å²) in [5.74, 6) is 0.675. The first-order valence-corrected chi connectivity index (χ1v) is 9.17. The van der Waals surface area contributed by atoms with Crippen LogP contribution in [0.2, 0.25) is 0 Å². The quantitative estimate of drug-likeness (QED) is 0.535. The van der Waals surface area contributed by atoms with Gasteiger partial charge < -0.3 is 9.72 Å². The van der Waals surface area contributed by atoms with Crippen LogP contribution >= 0.6 is 0 Å². The summed E-state index contributed by atoms with van der Waals surface area (Å²) >= 11 is 0. The van der Waals surface area contributed by atoms with E-state index in [9.17, 15) is 9.59 Å². The number of aromatic amines is 1. The maximum absolute atomic E-state index is 12.5. The van der Waals surface area contributed by atoms with Crippen LogP contribution in [-0.2, 0) is 6.61 Å². The van der Waals surface area contributed by atoms with E-state index in [-0.39, 0.29) is 0 Å². The van der Waals surface area contributed by atoms with Crippen molar-refractivity contribution in [2.75, 3.05) is 0 Å². The molecule has 0 unspecified atom stereocenters. The van der Waals surface area contributed by atoms with Crippen LogP contribution in [0.15, 0.2) is 87.5 Å². The minimum absolute atomic E-state index is 0.402. The van der Waals surface area contributed by atoms with E-state index in [2.05, 4.69) is 10.1 Å². The lowest BCUT2D eigenvalue weighted by Gasteiger charge is -2.07. The van der Waals surface area contributed by atoms with E-state index >= 15 is 0 Å². The van der Waals surface area contributed by atoms with Crippen LogP contribution in [0, 0.1) is 6.92 Å². The lowest BCUT2D eigenvalue weighted by Crippen LogP contribution is -2.32. The van der Waals surface area contributed by atoms with Crippen molar-refractivity contribution in [3.63, 3.8) is 0 Å². The van der Waals surface area contributed by atoms with Gasteiger partial charge in [0, 0.05) is 0 Å². The van der Waals surface area contributed by atoms with Gasteiger partial charge in [-0.25, -0.2) is 4.79 Å². The zero-order chi connectivity index (χ0) is 20.2. The monoisotopic (exact) mass is 385 g/mol. The predicted octanol–water partition coefficient (Wildman–Crippen LogP) is 3.46. The molecule has 3 aromatic carbocycles. The molecule has 0 spiro atoms. The van der Waals surface area contributed by atoms with Gasteiger partial charge in [-0.3, -0.25) is 4.79 Å². The SMILES string of the molecule is Cc1ccc(COc2cccc(C=Nn3c(=O)[nH]c4ccccc4c3=O)c2)cc1. The third-order valence-electron chi connectivity index (χ3n) is 4.49. The first kappa shape index (κ1) is 18.4. The molecule has 0 aliphatic carbocycles. The molecule has 0 saturated carbocycles. The Morgan fingerprint density at radius 2 is 1.79 bits per heavy atom. The number of H-pyrrole nitrogens is 1. The molecule has 1 aromatic heterocycles. The summed E-state index contributed by atoms with van der Waals surface area (Å²) in [6.07, 6.45) is 1.46. The van der Waals surface area contributed by atoms with Gasteiger partial charge in [0.15, 0.2) is 0 Å². The van der Waals surface area contributed by atoms with Crippen LogP contribution in [0.25, 0.3) is 10.9 Å². The molecule has 0 aliphatic heterocycles. The Labute approximate surface area is 166 Å². The lowest BCUT2D eigenvalue weighted by atomic mass is 10.2.